The van der Waals surface area contributed by atoms with E-state index in [-0.39, 0.29) is 0 Å². The molecule has 104 valence electrons. The fourth-order valence-electron chi connectivity index (χ4n) is 5.01. The predicted molar refractivity (Wildman–Crippen MR) is 74.6 cm³/mol. The maximum Gasteiger partial charge on any atom is 0.0632 e. The second kappa shape index (κ2) is 5.50. The van der Waals surface area contributed by atoms with Crippen LogP contribution in [-0.2, 0) is 4.74 Å². The van der Waals surface area contributed by atoms with Gasteiger partial charge in [-0.1, -0.05) is 13.8 Å². The van der Waals surface area contributed by atoms with Crippen LogP contribution in [0.5, 0.6) is 0 Å². The van der Waals surface area contributed by atoms with Crippen LogP contribution in [-0.4, -0.2) is 37.2 Å². The Morgan fingerprint density at radius 3 is 1.94 bits per heavy atom. The van der Waals surface area contributed by atoms with Crippen molar-refractivity contribution in [3.63, 3.8) is 0 Å². The number of likely N-dealkylation sites (N-methyl/N-ethyl adjacent to an activating group) is 1. The fraction of sp³-hybridized carbons (Fsp3) is 1.00. The first kappa shape index (κ1) is 12.9. The Hall–Kier alpha value is -0.0800. The van der Waals surface area contributed by atoms with Crippen molar-refractivity contribution in [2.75, 3.05) is 26.2 Å². The van der Waals surface area contributed by atoms with Crippen molar-refractivity contribution in [1.82, 2.24) is 4.90 Å². The molecule has 4 rings (SSSR count). The number of ether oxygens (including phenoxy) is 1. The van der Waals surface area contributed by atoms with Crippen LogP contribution >= 0.6 is 0 Å². The summed E-state index contributed by atoms with van der Waals surface area (Å²) < 4.78 is 6.31. The van der Waals surface area contributed by atoms with E-state index < -0.39 is 0 Å². The molecule has 2 heteroatoms. The maximum atomic E-state index is 6.31. The van der Waals surface area contributed by atoms with E-state index in [1.807, 2.05) is 0 Å². The van der Waals surface area contributed by atoms with E-state index in [9.17, 15) is 0 Å². The summed E-state index contributed by atoms with van der Waals surface area (Å²) in [7, 11) is 0. The van der Waals surface area contributed by atoms with Gasteiger partial charge in [0.1, 0.15) is 0 Å². The van der Waals surface area contributed by atoms with Gasteiger partial charge in [-0.05, 0) is 68.9 Å². The lowest BCUT2D eigenvalue weighted by Gasteiger charge is -2.54. The molecule has 2 nitrogen and oxygen atoms in total. The Bertz CT molecular complexity index is 246. The van der Waals surface area contributed by atoms with Gasteiger partial charge in [-0.2, -0.15) is 0 Å². The highest BCUT2D eigenvalue weighted by Crippen LogP contribution is 2.54. The molecule has 4 aliphatic carbocycles. The average Bonchev–Trinajstić information content (AvgIpc) is 2.36. The normalized spacial score (nSPS) is 41.8. The Kier molecular flexibility index (Phi) is 3.95. The molecule has 0 saturated heterocycles. The molecule has 4 aliphatic rings. The summed E-state index contributed by atoms with van der Waals surface area (Å²) in [6.45, 7) is 8.87. The van der Waals surface area contributed by atoms with Crippen LogP contribution < -0.4 is 0 Å². The fourth-order valence-corrected chi connectivity index (χ4v) is 5.01. The molecule has 4 saturated carbocycles. The van der Waals surface area contributed by atoms with Crippen molar-refractivity contribution in [1.29, 1.82) is 0 Å². The SMILES string of the molecule is CCN(CC)CCOC1C2CC3CC(C2)CC1C3. The summed E-state index contributed by atoms with van der Waals surface area (Å²) >= 11 is 0. The van der Waals surface area contributed by atoms with Gasteiger partial charge in [0.25, 0.3) is 0 Å². The Labute approximate surface area is 112 Å². The smallest absolute Gasteiger partial charge is 0.0632 e. The van der Waals surface area contributed by atoms with Crippen LogP contribution in [0.1, 0.15) is 46.0 Å². The first-order chi connectivity index (χ1) is 8.80. The highest BCUT2D eigenvalue weighted by molar-refractivity contribution is 4.98. The van der Waals surface area contributed by atoms with Gasteiger partial charge in [0.2, 0.25) is 0 Å². The van der Waals surface area contributed by atoms with E-state index in [0.717, 1.165) is 49.9 Å². The molecule has 0 aromatic carbocycles. The summed E-state index contributed by atoms with van der Waals surface area (Å²) in [5.41, 5.74) is 0. The van der Waals surface area contributed by atoms with Crippen molar-refractivity contribution in [2.24, 2.45) is 23.7 Å². The van der Waals surface area contributed by atoms with Crippen molar-refractivity contribution in [3.8, 4) is 0 Å². The van der Waals surface area contributed by atoms with E-state index in [4.69, 9.17) is 4.74 Å². The summed E-state index contributed by atoms with van der Waals surface area (Å²) in [4.78, 5) is 2.47. The number of hydrogen-bond donors (Lipinski definition) is 0. The molecular formula is C16H29NO. The largest absolute Gasteiger partial charge is 0.376 e. The zero-order valence-electron chi connectivity index (χ0n) is 12.1. The van der Waals surface area contributed by atoms with Gasteiger partial charge in [0.15, 0.2) is 0 Å². The lowest BCUT2D eigenvalue weighted by Crippen LogP contribution is -2.49. The minimum absolute atomic E-state index is 0.619. The first-order valence-corrected chi connectivity index (χ1v) is 8.14. The minimum Gasteiger partial charge on any atom is -0.376 e. The molecule has 0 radical (unpaired) electrons. The number of hydrogen-bond acceptors (Lipinski definition) is 2. The van der Waals surface area contributed by atoms with E-state index in [2.05, 4.69) is 18.7 Å². The van der Waals surface area contributed by atoms with Crippen LogP contribution in [0, 0.1) is 23.7 Å². The molecule has 18 heavy (non-hydrogen) atoms. The highest BCUT2D eigenvalue weighted by Gasteiger charge is 2.48. The molecule has 0 amide bonds. The van der Waals surface area contributed by atoms with E-state index >= 15 is 0 Å². The van der Waals surface area contributed by atoms with Crippen molar-refractivity contribution >= 4 is 0 Å². The van der Waals surface area contributed by atoms with Crippen molar-refractivity contribution in [3.05, 3.63) is 0 Å². The van der Waals surface area contributed by atoms with Crippen LogP contribution in [0.3, 0.4) is 0 Å². The van der Waals surface area contributed by atoms with Gasteiger partial charge in [-0.3, -0.25) is 0 Å². The lowest BCUT2D eigenvalue weighted by atomic mass is 9.55. The third-order valence-corrected chi connectivity index (χ3v) is 5.75. The molecule has 0 heterocycles. The summed E-state index contributed by atoms with van der Waals surface area (Å²) in [6.07, 6.45) is 8.06. The molecule has 4 fully saturated rings. The molecule has 0 unspecified atom stereocenters. The zero-order valence-corrected chi connectivity index (χ0v) is 12.1. The van der Waals surface area contributed by atoms with Crippen molar-refractivity contribution in [2.45, 2.75) is 52.1 Å². The topological polar surface area (TPSA) is 12.5 Å². The van der Waals surface area contributed by atoms with Crippen LogP contribution in [0.25, 0.3) is 0 Å². The molecule has 0 N–H and O–H groups in total. The lowest BCUT2D eigenvalue weighted by molar-refractivity contribution is -0.128. The van der Waals surface area contributed by atoms with E-state index in [0.29, 0.717) is 6.10 Å². The third-order valence-electron chi connectivity index (χ3n) is 5.75. The first-order valence-electron chi connectivity index (χ1n) is 8.14. The van der Waals surface area contributed by atoms with Gasteiger partial charge < -0.3 is 9.64 Å². The summed E-state index contributed by atoms with van der Waals surface area (Å²) in [5.74, 6) is 3.96. The number of rotatable bonds is 6. The van der Waals surface area contributed by atoms with Gasteiger partial charge in [-0.25, -0.2) is 0 Å². The van der Waals surface area contributed by atoms with Crippen molar-refractivity contribution < 1.29 is 4.74 Å². The maximum absolute atomic E-state index is 6.31. The Morgan fingerprint density at radius 2 is 1.44 bits per heavy atom. The van der Waals surface area contributed by atoms with Gasteiger partial charge in [0, 0.05) is 6.54 Å². The summed E-state index contributed by atoms with van der Waals surface area (Å²) in [5, 5.41) is 0. The second-order valence-electron chi connectivity index (χ2n) is 6.79. The predicted octanol–water partition coefficient (Wildman–Crippen LogP) is 3.17. The van der Waals surface area contributed by atoms with Gasteiger partial charge in [0.05, 0.1) is 12.7 Å². The van der Waals surface area contributed by atoms with E-state index in [1.165, 1.54) is 25.7 Å². The minimum atomic E-state index is 0.619. The molecule has 4 bridgehead atoms. The quantitative estimate of drug-likeness (QED) is 0.719. The second-order valence-corrected chi connectivity index (χ2v) is 6.79. The molecule has 0 atom stereocenters. The number of nitrogens with zero attached hydrogens (tertiary/aromatic N) is 1. The molecular weight excluding hydrogens is 222 g/mol. The summed E-state index contributed by atoms with van der Waals surface area (Å²) in [6, 6.07) is 0. The average molecular weight is 251 g/mol. The highest BCUT2D eigenvalue weighted by atomic mass is 16.5. The standard InChI is InChI=1S/C16H29NO/c1-3-17(4-2)5-6-18-16-14-8-12-7-13(10-14)11-15(16)9-12/h12-16H,3-11H2,1-2H3. The Balaban J connectivity index is 1.48. The van der Waals surface area contributed by atoms with Gasteiger partial charge >= 0.3 is 0 Å². The van der Waals surface area contributed by atoms with E-state index in [1.54, 1.807) is 6.42 Å². The molecule has 0 spiro atoms. The van der Waals surface area contributed by atoms with Crippen LogP contribution in [0.15, 0.2) is 0 Å². The molecule has 0 aromatic rings. The van der Waals surface area contributed by atoms with Gasteiger partial charge in [-0.15, -0.1) is 0 Å². The molecule has 0 aliphatic heterocycles. The van der Waals surface area contributed by atoms with Crippen LogP contribution in [0.2, 0.25) is 0 Å². The molecule has 0 aromatic heterocycles. The monoisotopic (exact) mass is 251 g/mol. The Morgan fingerprint density at radius 1 is 0.889 bits per heavy atom. The third kappa shape index (κ3) is 2.46. The zero-order chi connectivity index (χ0) is 12.5. The van der Waals surface area contributed by atoms with Crippen LogP contribution in [0.4, 0.5) is 0 Å².